The second-order valence-corrected chi connectivity index (χ2v) is 4.15. The molecule has 0 atom stereocenters. The Bertz CT molecular complexity index is 409. The predicted octanol–water partition coefficient (Wildman–Crippen LogP) is 2.40. The lowest BCUT2D eigenvalue weighted by Gasteiger charge is -2.07. The van der Waals surface area contributed by atoms with E-state index in [-0.39, 0.29) is 5.91 Å². The number of carbonyl (C=O) groups excluding carboxylic acids is 1. The fourth-order valence-corrected chi connectivity index (χ4v) is 2.21. The van der Waals surface area contributed by atoms with Crippen LogP contribution in [0.3, 0.4) is 0 Å². The van der Waals surface area contributed by atoms with E-state index in [0.29, 0.717) is 0 Å². The van der Waals surface area contributed by atoms with E-state index in [1.54, 1.807) is 4.90 Å². The number of benzene rings is 1. The van der Waals surface area contributed by atoms with Crippen molar-refractivity contribution < 1.29 is 4.79 Å². The molecule has 0 radical (unpaired) electrons. The van der Waals surface area contributed by atoms with Crippen LogP contribution in [-0.4, -0.2) is 17.9 Å². The summed E-state index contributed by atoms with van der Waals surface area (Å²) in [6.07, 6.45) is 2.01. The van der Waals surface area contributed by atoms with E-state index in [9.17, 15) is 4.79 Å². The third-order valence-corrected chi connectivity index (χ3v) is 3.16. The van der Waals surface area contributed by atoms with Crippen LogP contribution in [0.2, 0.25) is 0 Å². The molecule has 0 aromatic heterocycles. The number of aryl methyl sites for hydroxylation is 2. The minimum Gasteiger partial charge on any atom is -0.337 e. The highest BCUT2D eigenvalue weighted by atomic mass is 16.2. The van der Waals surface area contributed by atoms with Crippen LogP contribution in [0.5, 0.6) is 0 Å². The highest BCUT2D eigenvalue weighted by molar-refractivity contribution is 5.98. The molecule has 0 saturated heterocycles. The fourth-order valence-electron chi connectivity index (χ4n) is 2.21. The Hall–Kier alpha value is -1.31. The van der Waals surface area contributed by atoms with Gasteiger partial charge in [0.2, 0.25) is 0 Å². The van der Waals surface area contributed by atoms with Gasteiger partial charge in [-0.1, -0.05) is 19.9 Å². The average Bonchev–Trinajstić information content (AvgIpc) is 2.54. The predicted molar refractivity (Wildman–Crippen MR) is 61.0 cm³/mol. The molecule has 80 valence electrons. The van der Waals surface area contributed by atoms with Gasteiger partial charge >= 0.3 is 0 Å². The normalized spacial score (nSPS) is 14.6. The summed E-state index contributed by atoms with van der Waals surface area (Å²) in [6, 6.07) is 4.30. The van der Waals surface area contributed by atoms with Gasteiger partial charge in [0.1, 0.15) is 0 Å². The van der Waals surface area contributed by atoms with E-state index in [0.717, 1.165) is 24.9 Å². The minimum atomic E-state index is 0.176. The SMILES string of the molecule is CCc1cc(CC)c2c(c1)C(=O)N(C)C2. The first-order chi connectivity index (χ1) is 7.17. The Morgan fingerprint density at radius 1 is 1.27 bits per heavy atom. The van der Waals surface area contributed by atoms with Gasteiger partial charge in [-0.25, -0.2) is 0 Å². The molecule has 1 aliphatic rings. The molecule has 1 aliphatic heterocycles. The molecule has 2 nitrogen and oxygen atoms in total. The molecule has 0 spiro atoms. The van der Waals surface area contributed by atoms with Crippen LogP contribution in [0.1, 0.15) is 40.9 Å². The topological polar surface area (TPSA) is 20.3 Å². The zero-order valence-electron chi connectivity index (χ0n) is 9.63. The summed E-state index contributed by atoms with van der Waals surface area (Å²) in [6.45, 7) is 5.06. The van der Waals surface area contributed by atoms with Crippen molar-refractivity contribution in [1.29, 1.82) is 0 Å². The number of rotatable bonds is 2. The Morgan fingerprint density at radius 3 is 2.60 bits per heavy atom. The molecule has 0 aliphatic carbocycles. The molecule has 0 fully saturated rings. The molecule has 15 heavy (non-hydrogen) atoms. The Kier molecular flexibility index (Phi) is 2.51. The van der Waals surface area contributed by atoms with Crippen molar-refractivity contribution in [3.8, 4) is 0 Å². The molecule has 0 unspecified atom stereocenters. The van der Waals surface area contributed by atoms with Crippen molar-refractivity contribution in [3.05, 3.63) is 34.4 Å². The molecule has 1 aromatic carbocycles. The van der Waals surface area contributed by atoms with Crippen molar-refractivity contribution in [2.45, 2.75) is 33.2 Å². The maximum absolute atomic E-state index is 11.9. The van der Waals surface area contributed by atoms with Crippen LogP contribution in [0.25, 0.3) is 0 Å². The van der Waals surface area contributed by atoms with Crippen LogP contribution in [0, 0.1) is 0 Å². The van der Waals surface area contributed by atoms with E-state index in [1.807, 2.05) is 7.05 Å². The molecule has 0 N–H and O–H groups in total. The summed E-state index contributed by atoms with van der Waals surface area (Å²) >= 11 is 0. The van der Waals surface area contributed by atoms with E-state index in [4.69, 9.17) is 0 Å². The molecule has 0 bridgehead atoms. The van der Waals surface area contributed by atoms with Gasteiger partial charge in [0.05, 0.1) is 0 Å². The summed E-state index contributed by atoms with van der Waals surface area (Å²) in [5, 5.41) is 0. The van der Waals surface area contributed by atoms with E-state index in [1.165, 1.54) is 16.7 Å². The Morgan fingerprint density at radius 2 is 2.00 bits per heavy atom. The monoisotopic (exact) mass is 203 g/mol. The first-order valence-corrected chi connectivity index (χ1v) is 5.57. The second-order valence-electron chi connectivity index (χ2n) is 4.15. The molecule has 1 heterocycles. The lowest BCUT2D eigenvalue weighted by molar-refractivity contribution is 0.0816. The number of hydrogen-bond acceptors (Lipinski definition) is 1. The quantitative estimate of drug-likeness (QED) is 0.722. The maximum Gasteiger partial charge on any atom is 0.254 e. The van der Waals surface area contributed by atoms with Crippen LogP contribution >= 0.6 is 0 Å². The third kappa shape index (κ3) is 1.54. The standard InChI is InChI=1S/C13H17NO/c1-4-9-6-10(5-2)12-8-14(3)13(15)11(12)7-9/h6-7H,4-5,8H2,1-3H3. The molecular formula is C13H17NO. The summed E-state index contributed by atoms with van der Waals surface area (Å²) in [4.78, 5) is 13.7. The molecular weight excluding hydrogens is 186 g/mol. The van der Waals surface area contributed by atoms with Crippen LogP contribution in [0.15, 0.2) is 12.1 Å². The lowest BCUT2D eigenvalue weighted by atomic mass is 9.97. The average molecular weight is 203 g/mol. The van der Waals surface area contributed by atoms with Gasteiger partial charge < -0.3 is 4.90 Å². The Labute approximate surface area is 90.9 Å². The van der Waals surface area contributed by atoms with Crippen LogP contribution < -0.4 is 0 Å². The van der Waals surface area contributed by atoms with Gasteiger partial charge in [-0.15, -0.1) is 0 Å². The zero-order valence-corrected chi connectivity index (χ0v) is 9.63. The number of nitrogens with zero attached hydrogens (tertiary/aromatic N) is 1. The third-order valence-electron chi connectivity index (χ3n) is 3.16. The molecule has 2 heteroatoms. The molecule has 2 rings (SSSR count). The van der Waals surface area contributed by atoms with Crippen molar-refractivity contribution in [1.82, 2.24) is 4.90 Å². The van der Waals surface area contributed by atoms with Crippen molar-refractivity contribution in [2.75, 3.05) is 7.05 Å². The maximum atomic E-state index is 11.9. The number of fused-ring (bicyclic) bond motifs is 1. The summed E-state index contributed by atoms with van der Waals surface area (Å²) in [5.41, 5.74) is 4.77. The lowest BCUT2D eigenvalue weighted by Crippen LogP contribution is -2.17. The Balaban J connectivity index is 2.57. The number of hydrogen-bond donors (Lipinski definition) is 0. The summed E-state index contributed by atoms with van der Waals surface area (Å²) in [5.74, 6) is 0.176. The van der Waals surface area contributed by atoms with Crippen LogP contribution in [-0.2, 0) is 19.4 Å². The smallest absolute Gasteiger partial charge is 0.254 e. The fraction of sp³-hybridized carbons (Fsp3) is 0.462. The van der Waals surface area contributed by atoms with E-state index < -0.39 is 0 Å². The zero-order chi connectivity index (χ0) is 11.0. The largest absolute Gasteiger partial charge is 0.337 e. The first kappa shape index (κ1) is 10.2. The van der Waals surface area contributed by atoms with Crippen molar-refractivity contribution in [2.24, 2.45) is 0 Å². The van der Waals surface area contributed by atoms with E-state index in [2.05, 4.69) is 26.0 Å². The van der Waals surface area contributed by atoms with Crippen molar-refractivity contribution >= 4 is 5.91 Å². The molecule has 1 amide bonds. The molecule has 0 saturated carbocycles. The first-order valence-electron chi connectivity index (χ1n) is 5.57. The summed E-state index contributed by atoms with van der Waals surface area (Å²) in [7, 11) is 1.87. The highest BCUT2D eigenvalue weighted by Gasteiger charge is 2.26. The number of amides is 1. The molecule has 1 aromatic rings. The van der Waals surface area contributed by atoms with Crippen molar-refractivity contribution in [3.63, 3.8) is 0 Å². The highest BCUT2D eigenvalue weighted by Crippen LogP contribution is 2.27. The van der Waals surface area contributed by atoms with Gasteiger partial charge in [-0.2, -0.15) is 0 Å². The number of carbonyl (C=O) groups is 1. The van der Waals surface area contributed by atoms with Crippen LogP contribution in [0.4, 0.5) is 0 Å². The van der Waals surface area contributed by atoms with Gasteiger partial charge in [0.15, 0.2) is 0 Å². The van der Waals surface area contributed by atoms with Gasteiger partial charge in [-0.3, -0.25) is 4.79 Å². The second kappa shape index (κ2) is 3.69. The van der Waals surface area contributed by atoms with Gasteiger partial charge in [0.25, 0.3) is 5.91 Å². The van der Waals surface area contributed by atoms with Gasteiger partial charge in [-0.05, 0) is 35.6 Å². The summed E-state index contributed by atoms with van der Waals surface area (Å²) < 4.78 is 0. The van der Waals surface area contributed by atoms with Gasteiger partial charge in [0, 0.05) is 19.2 Å². The minimum absolute atomic E-state index is 0.176. The van der Waals surface area contributed by atoms with E-state index >= 15 is 0 Å².